The van der Waals surface area contributed by atoms with E-state index in [-0.39, 0.29) is 11.6 Å². The van der Waals surface area contributed by atoms with Crippen molar-refractivity contribution in [2.24, 2.45) is 0 Å². The summed E-state index contributed by atoms with van der Waals surface area (Å²) in [6, 6.07) is 11.1. The van der Waals surface area contributed by atoms with Crippen LogP contribution in [0.15, 0.2) is 52.1 Å². The lowest BCUT2D eigenvalue weighted by Crippen LogP contribution is -2.38. The van der Waals surface area contributed by atoms with E-state index in [0.29, 0.717) is 28.8 Å². The molecule has 2 heterocycles. The Kier molecular flexibility index (Phi) is 7.14. The summed E-state index contributed by atoms with van der Waals surface area (Å²) >= 11 is 4.83. The SMILES string of the molecule is Fc1ccc(-c2nnc(SCc3cc(Br)ccc3F)n2CCN2CCOCC2)cc1. The molecule has 9 heteroatoms. The van der Waals surface area contributed by atoms with Crippen LogP contribution in [0.3, 0.4) is 0 Å². The van der Waals surface area contributed by atoms with Gasteiger partial charge in [0.1, 0.15) is 11.6 Å². The van der Waals surface area contributed by atoms with Crippen molar-refractivity contribution in [3.63, 3.8) is 0 Å². The largest absolute Gasteiger partial charge is 0.379 e. The minimum atomic E-state index is -0.294. The highest BCUT2D eigenvalue weighted by Crippen LogP contribution is 2.28. The van der Waals surface area contributed by atoms with Gasteiger partial charge in [0, 0.05) is 42.0 Å². The van der Waals surface area contributed by atoms with Crippen LogP contribution in [0.1, 0.15) is 5.56 Å². The summed E-state index contributed by atoms with van der Waals surface area (Å²) in [6.07, 6.45) is 0. The lowest BCUT2D eigenvalue weighted by atomic mass is 10.2. The van der Waals surface area contributed by atoms with Gasteiger partial charge in [0.25, 0.3) is 0 Å². The number of hydrogen-bond acceptors (Lipinski definition) is 5. The highest BCUT2D eigenvalue weighted by Gasteiger charge is 2.17. The fourth-order valence-electron chi connectivity index (χ4n) is 3.27. The van der Waals surface area contributed by atoms with Gasteiger partial charge >= 0.3 is 0 Å². The smallest absolute Gasteiger partial charge is 0.191 e. The Morgan fingerprint density at radius 2 is 1.77 bits per heavy atom. The molecule has 30 heavy (non-hydrogen) atoms. The normalized spacial score (nSPS) is 14.9. The predicted octanol–water partition coefficient (Wildman–Crippen LogP) is 4.61. The molecule has 0 radical (unpaired) electrons. The highest BCUT2D eigenvalue weighted by molar-refractivity contribution is 9.10. The van der Waals surface area contributed by atoms with E-state index < -0.39 is 0 Å². The fourth-order valence-corrected chi connectivity index (χ4v) is 4.62. The van der Waals surface area contributed by atoms with Crippen molar-refractivity contribution in [3.8, 4) is 11.4 Å². The molecule has 1 aliphatic rings. The molecule has 0 saturated carbocycles. The van der Waals surface area contributed by atoms with Gasteiger partial charge in [-0.3, -0.25) is 4.90 Å². The topological polar surface area (TPSA) is 43.2 Å². The molecule has 1 saturated heterocycles. The lowest BCUT2D eigenvalue weighted by molar-refractivity contribution is 0.0361. The average molecular weight is 495 g/mol. The van der Waals surface area contributed by atoms with Crippen molar-refractivity contribution < 1.29 is 13.5 Å². The predicted molar refractivity (Wildman–Crippen MR) is 116 cm³/mol. The number of benzene rings is 2. The molecule has 0 N–H and O–H groups in total. The first-order valence-corrected chi connectivity index (χ1v) is 11.4. The van der Waals surface area contributed by atoms with E-state index in [1.54, 1.807) is 24.3 Å². The van der Waals surface area contributed by atoms with Crippen molar-refractivity contribution in [3.05, 3.63) is 64.1 Å². The van der Waals surface area contributed by atoms with Crippen LogP contribution < -0.4 is 0 Å². The zero-order valence-electron chi connectivity index (χ0n) is 16.2. The third-order valence-corrected chi connectivity index (χ3v) is 6.44. The van der Waals surface area contributed by atoms with Gasteiger partial charge in [-0.25, -0.2) is 8.78 Å². The number of aromatic nitrogens is 3. The Morgan fingerprint density at radius 3 is 2.53 bits per heavy atom. The van der Waals surface area contributed by atoms with Gasteiger partial charge < -0.3 is 9.30 Å². The zero-order valence-corrected chi connectivity index (χ0v) is 18.6. The molecular formula is C21H21BrF2N4OS. The van der Waals surface area contributed by atoms with Crippen molar-refractivity contribution in [1.82, 2.24) is 19.7 Å². The molecule has 0 unspecified atom stereocenters. The van der Waals surface area contributed by atoms with Crippen LogP contribution in [0.2, 0.25) is 0 Å². The van der Waals surface area contributed by atoms with Crippen LogP contribution in [0.4, 0.5) is 8.78 Å². The van der Waals surface area contributed by atoms with Crippen LogP contribution in [0, 0.1) is 11.6 Å². The van der Waals surface area contributed by atoms with Crippen LogP contribution in [0.5, 0.6) is 0 Å². The molecular weight excluding hydrogens is 474 g/mol. The lowest BCUT2D eigenvalue weighted by Gasteiger charge is -2.27. The van der Waals surface area contributed by atoms with Crippen molar-refractivity contribution >= 4 is 27.7 Å². The third-order valence-electron chi connectivity index (χ3n) is 4.93. The Labute approximate surface area is 186 Å². The molecule has 1 aliphatic heterocycles. The maximum atomic E-state index is 14.1. The number of halogens is 3. The van der Waals surface area contributed by atoms with Gasteiger partial charge in [0.05, 0.1) is 13.2 Å². The number of hydrogen-bond donors (Lipinski definition) is 0. The van der Waals surface area contributed by atoms with E-state index in [9.17, 15) is 8.78 Å². The monoisotopic (exact) mass is 494 g/mol. The van der Waals surface area contributed by atoms with E-state index in [1.165, 1.54) is 30.0 Å². The Bertz CT molecular complexity index is 993. The van der Waals surface area contributed by atoms with E-state index in [2.05, 4.69) is 31.0 Å². The molecule has 0 amide bonds. The summed E-state index contributed by atoms with van der Waals surface area (Å²) < 4.78 is 35.8. The van der Waals surface area contributed by atoms with Gasteiger partial charge in [0.2, 0.25) is 0 Å². The number of thioether (sulfide) groups is 1. The molecule has 158 valence electrons. The molecule has 4 rings (SSSR count). The van der Waals surface area contributed by atoms with Gasteiger partial charge in [0.15, 0.2) is 11.0 Å². The quantitative estimate of drug-likeness (QED) is 0.448. The summed E-state index contributed by atoms with van der Waals surface area (Å²) in [5.41, 5.74) is 1.40. The summed E-state index contributed by atoms with van der Waals surface area (Å²) in [5.74, 6) is 0.576. The summed E-state index contributed by atoms with van der Waals surface area (Å²) in [4.78, 5) is 2.33. The molecule has 1 aromatic heterocycles. The maximum Gasteiger partial charge on any atom is 0.191 e. The second-order valence-corrected chi connectivity index (χ2v) is 8.80. The second kappa shape index (κ2) is 10.00. The first-order valence-electron chi connectivity index (χ1n) is 9.66. The van der Waals surface area contributed by atoms with Crippen molar-refractivity contribution in [1.29, 1.82) is 0 Å². The van der Waals surface area contributed by atoms with Gasteiger partial charge in [-0.2, -0.15) is 0 Å². The fraction of sp³-hybridized carbons (Fsp3) is 0.333. The summed E-state index contributed by atoms with van der Waals surface area (Å²) in [7, 11) is 0. The number of rotatable bonds is 7. The second-order valence-electron chi connectivity index (χ2n) is 6.94. The Hall–Kier alpha value is -1.81. The van der Waals surface area contributed by atoms with E-state index in [0.717, 1.165) is 42.9 Å². The summed E-state index contributed by atoms with van der Waals surface area (Å²) in [5, 5.41) is 9.42. The zero-order chi connectivity index (χ0) is 20.9. The number of nitrogens with zero attached hydrogens (tertiary/aromatic N) is 4. The molecule has 0 atom stereocenters. The van der Waals surface area contributed by atoms with E-state index >= 15 is 0 Å². The van der Waals surface area contributed by atoms with Crippen LogP contribution in [-0.2, 0) is 17.0 Å². The van der Waals surface area contributed by atoms with Crippen LogP contribution >= 0.6 is 27.7 Å². The number of ether oxygens (including phenoxy) is 1. The minimum Gasteiger partial charge on any atom is -0.379 e. The molecule has 0 spiro atoms. The Balaban J connectivity index is 1.56. The molecule has 2 aromatic carbocycles. The average Bonchev–Trinajstić information content (AvgIpc) is 3.17. The molecule has 0 aliphatic carbocycles. The van der Waals surface area contributed by atoms with Gasteiger partial charge in [-0.15, -0.1) is 10.2 Å². The molecule has 0 bridgehead atoms. The maximum absolute atomic E-state index is 14.1. The first kappa shape index (κ1) is 21.4. The van der Waals surface area contributed by atoms with Crippen molar-refractivity contribution in [2.45, 2.75) is 17.5 Å². The first-order chi connectivity index (χ1) is 14.6. The van der Waals surface area contributed by atoms with Crippen molar-refractivity contribution in [2.75, 3.05) is 32.8 Å². The van der Waals surface area contributed by atoms with E-state index in [4.69, 9.17) is 4.74 Å². The Morgan fingerprint density at radius 1 is 1.00 bits per heavy atom. The minimum absolute atomic E-state index is 0.246. The van der Waals surface area contributed by atoms with Crippen LogP contribution in [0.25, 0.3) is 11.4 Å². The number of morpholine rings is 1. The molecule has 5 nitrogen and oxygen atoms in total. The highest BCUT2D eigenvalue weighted by atomic mass is 79.9. The van der Waals surface area contributed by atoms with E-state index in [1.807, 2.05) is 4.57 Å². The third kappa shape index (κ3) is 5.26. The van der Waals surface area contributed by atoms with Gasteiger partial charge in [-0.05, 0) is 48.0 Å². The molecule has 1 fully saturated rings. The van der Waals surface area contributed by atoms with Crippen LogP contribution in [-0.4, -0.2) is 52.5 Å². The summed E-state index contributed by atoms with van der Waals surface area (Å²) in [6.45, 7) is 4.75. The standard InChI is InChI=1S/C21H21BrF2N4OS/c22-17-3-6-19(24)16(13-17)14-30-21-26-25-20(15-1-4-18(23)5-2-15)28(21)8-7-27-9-11-29-12-10-27/h1-6,13H,7-12,14H2. The molecule has 3 aromatic rings. The van der Waals surface area contributed by atoms with Gasteiger partial charge in [-0.1, -0.05) is 27.7 Å².